The maximum absolute atomic E-state index is 10.9. The second kappa shape index (κ2) is 4.85. The van der Waals surface area contributed by atoms with E-state index in [1.54, 1.807) is 0 Å². The van der Waals surface area contributed by atoms with E-state index >= 15 is 0 Å². The number of carboxylic acid groups (broad SMARTS) is 1. The van der Waals surface area contributed by atoms with Gasteiger partial charge in [0.2, 0.25) is 0 Å². The second-order valence-corrected chi connectivity index (χ2v) is 4.08. The Hall–Kier alpha value is -2.06. The Morgan fingerprint density at radius 2 is 2.18 bits per heavy atom. The van der Waals surface area contributed by atoms with Gasteiger partial charge >= 0.3 is 5.97 Å². The highest BCUT2D eigenvalue weighted by atomic mass is 16.4. The summed E-state index contributed by atoms with van der Waals surface area (Å²) in [6.07, 6.45) is 1.20. The number of anilines is 1. The lowest BCUT2D eigenvalue weighted by Gasteiger charge is -2.16. The molecule has 0 fully saturated rings. The smallest absolute Gasteiger partial charge is 0.305 e. The Bertz CT molecular complexity index is 489. The van der Waals surface area contributed by atoms with Crippen LogP contribution >= 0.6 is 0 Å². The van der Waals surface area contributed by atoms with Crippen molar-refractivity contribution in [1.29, 1.82) is 0 Å². The van der Waals surface area contributed by atoms with E-state index in [1.165, 1.54) is 0 Å². The van der Waals surface area contributed by atoms with E-state index in [9.17, 15) is 9.59 Å². The fraction of sp³-hybridized carbons (Fsp3) is 0.308. The summed E-state index contributed by atoms with van der Waals surface area (Å²) in [5.41, 5.74) is 2.51. The van der Waals surface area contributed by atoms with Crippen LogP contribution in [0.1, 0.15) is 18.4 Å². The van der Waals surface area contributed by atoms with Crippen molar-refractivity contribution in [1.82, 2.24) is 0 Å². The zero-order valence-corrected chi connectivity index (χ0v) is 9.27. The number of rotatable bonds is 2. The first-order valence-corrected chi connectivity index (χ1v) is 5.51. The summed E-state index contributed by atoms with van der Waals surface area (Å²) in [5.74, 6) is 0.953. The molecule has 4 heteroatoms. The molecule has 2 rings (SSSR count). The number of carbonyl (C=O) groups excluding carboxylic acids is 1. The van der Waals surface area contributed by atoms with Crippen molar-refractivity contribution in [2.45, 2.75) is 25.3 Å². The highest BCUT2D eigenvalue weighted by molar-refractivity contribution is 5.72. The quantitative estimate of drug-likeness (QED) is 0.759. The number of para-hydroxylation sites is 1. The topological polar surface area (TPSA) is 66.4 Å². The minimum atomic E-state index is -0.922. The lowest BCUT2D eigenvalue weighted by Crippen LogP contribution is -2.24. The monoisotopic (exact) mass is 231 g/mol. The molecule has 0 saturated heterocycles. The van der Waals surface area contributed by atoms with Crippen LogP contribution in [0, 0.1) is 0 Å². The average Bonchev–Trinajstić information content (AvgIpc) is 2.47. The van der Waals surface area contributed by atoms with Crippen molar-refractivity contribution < 1.29 is 14.7 Å². The second-order valence-electron chi connectivity index (χ2n) is 4.08. The summed E-state index contributed by atoms with van der Waals surface area (Å²) in [6, 6.07) is 7.25. The number of aliphatic carboxylic acids is 1. The average molecular weight is 231 g/mol. The van der Waals surface area contributed by atoms with Crippen LogP contribution in [-0.2, 0) is 16.0 Å². The molecule has 1 aliphatic rings. The molecular weight excluding hydrogens is 218 g/mol. The highest BCUT2D eigenvalue weighted by Crippen LogP contribution is 2.26. The van der Waals surface area contributed by atoms with E-state index in [1.807, 2.05) is 30.2 Å². The summed E-state index contributed by atoms with van der Waals surface area (Å²) in [5, 5.41) is 11.9. The van der Waals surface area contributed by atoms with Gasteiger partial charge in [0.15, 0.2) is 0 Å². The molecule has 88 valence electrons. The third kappa shape index (κ3) is 2.55. The first-order valence-electron chi connectivity index (χ1n) is 5.51. The number of aryl methyl sites for hydroxylation is 1. The minimum absolute atomic E-state index is 0.0983. The molecule has 1 aromatic carbocycles. The summed E-state index contributed by atoms with van der Waals surface area (Å²) >= 11 is 0. The highest BCUT2D eigenvalue weighted by Gasteiger charge is 2.23. The maximum atomic E-state index is 10.9. The predicted molar refractivity (Wildman–Crippen MR) is 63.6 cm³/mol. The largest absolute Gasteiger partial charge is 0.481 e. The van der Waals surface area contributed by atoms with E-state index in [4.69, 9.17) is 5.11 Å². The number of benzene rings is 1. The molecule has 0 bridgehead atoms. The van der Waals surface area contributed by atoms with E-state index in [0.717, 1.165) is 17.7 Å². The lowest BCUT2D eigenvalue weighted by atomic mass is 10.0. The zero-order chi connectivity index (χ0) is 12.3. The number of fused-ring (bicyclic) bond motifs is 1. The molecule has 4 nitrogen and oxygen atoms in total. The molecule has 0 radical (unpaired) electrons. The Morgan fingerprint density at radius 1 is 1.41 bits per heavy atom. The van der Waals surface area contributed by atoms with Gasteiger partial charge in [-0.15, -0.1) is 0 Å². The molecular formula is C13H13NO3. The Morgan fingerprint density at radius 3 is 2.88 bits per heavy atom. The van der Waals surface area contributed by atoms with Gasteiger partial charge in [0.05, 0.1) is 12.5 Å². The van der Waals surface area contributed by atoms with Gasteiger partial charge in [-0.3, -0.25) is 4.79 Å². The molecule has 1 aromatic rings. The molecule has 0 spiro atoms. The normalized spacial score (nSPS) is 18.6. The van der Waals surface area contributed by atoms with Crippen LogP contribution in [-0.4, -0.2) is 23.1 Å². The summed E-state index contributed by atoms with van der Waals surface area (Å²) in [6.45, 7) is 0. The first kappa shape index (κ1) is 11.4. The van der Waals surface area contributed by atoms with Gasteiger partial charge in [0.1, 0.15) is 5.94 Å². The molecule has 0 aromatic heterocycles. The first-order chi connectivity index (χ1) is 8.20. The van der Waals surface area contributed by atoms with Gasteiger partial charge in [-0.1, -0.05) is 18.2 Å². The fourth-order valence-corrected chi connectivity index (χ4v) is 2.07. The summed E-state index contributed by atoms with van der Waals surface area (Å²) < 4.78 is 0. The van der Waals surface area contributed by atoms with Crippen LogP contribution in [0.4, 0.5) is 5.69 Å². The standard InChI is InChI=1S/C13H13NO3/c15-8-10-6-5-9-3-1-2-4-11(9)14-12(10)7-13(16)17/h1-4,12,14H,5-7H2,(H,16,17). The van der Waals surface area contributed by atoms with Gasteiger partial charge in [-0.25, -0.2) is 4.79 Å². The Balaban J connectivity index is 2.31. The van der Waals surface area contributed by atoms with Crippen LogP contribution in [0.5, 0.6) is 0 Å². The van der Waals surface area contributed by atoms with E-state index < -0.39 is 12.0 Å². The number of nitrogens with one attached hydrogen (secondary N) is 1. The Kier molecular flexibility index (Phi) is 3.26. The van der Waals surface area contributed by atoms with Crippen LogP contribution in [0.15, 0.2) is 29.8 Å². The number of hydrogen-bond acceptors (Lipinski definition) is 3. The molecule has 17 heavy (non-hydrogen) atoms. The van der Waals surface area contributed by atoms with Crippen molar-refractivity contribution >= 4 is 17.6 Å². The van der Waals surface area contributed by atoms with E-state index in [-0.39, 0.29) is 6.42 Å². The Labute approximate surface area is 99.0 Å². The molecule has 1 unspecified atom stereocenters. The van der Waals surface area contributed by atoms with Gasteiger partial charge in [-0.2, -0.15) is 0 Å². The van der Waals surface area contributed by atoms with Crippen molar-refractivity contribution in [2.75, 3.05) is 5.32 Å². The van der Waals surface area contributed by atoms with Crippen LogP contribution < -0.4 is 5.32 Å². The van der Waals surface area contributed by atoms with Gasteiger partial charge in [0, 0.05) is 11.3 Å². The molecule has 1 atom stereocenters. The van der Waals surface area contributed by atoms with Crippen molar-refractivity contribution in [3.05, 3.63) is 35.4 Å². The van der Waals surface area contributed by atoms with E-state index in [0.29, 0.717) is 12.0 Å². The lowest BCUT2D eigenvalue weighted by molar-refractivity contribution is -0.137. The summed E-state index contributed by atoms with van der Waals surface area (Å²) in [4.78, 5) is 21.6. The van der Waals surface area contributed by atoms with Gasteiger partial charge in [0.25, 0.3) is 0 Å². The predicted octanol–water partition coefficient (Wildman–Crippen LogP) is 1.65. The number of hydrogen-bond donors (Lipinski definition) is 2. The van der Waals surface area contributed by atoms with Crippen molar-refractivity contribution in [3.8, 4) is 0 Å². The third-order valence-electron chi connectivity index (χ3n) is 2.94. The van der Waals surface area contributed by atoms with Crippen molar-refractivity contribution in [2.24, 2.45) is 0 Å². The van der Waals surface area contributed by atoms with Crippen LogP contribution in [0.25, 0.3) is 0 Å². The molecule has 0 amide bonds. The molecule has 1 heterocycles. The minimum Gasteiger partial charge on any atom is -0.481 e. The maximum Gasteiger partial charge on any atom is 0.305 e. The van der Waals surface area contributed by atoms with E-state index in [2.05, 4.69) is 5.32 Å². The summed E-state index contributed by atoms with van der Waals surface area (Å²) in [7, 11) is 0. The number of carboxylic acids is 1. The van der Waals surface area contributed by atoms with Crippen molar-refractivity contribution in [3.63, 3.8) is 0 Å². The van der Waals surface area contributed by atoms with Crippen LogP contribution in [0.3, 0.4) is 0 Å². The molecule has 0 saturated carbocycles. The van der Waals surface area contributed by atoms with Gasteiger partial charge in [-0.05, 0) is 24.5 Å². The fourth-order valence-electron chi connectivity index (χ4n) is 2.07. The SMILES string of the molecule is O=C=C1CCc2ccccc2NC1CC(=O)O. The molecule has 1 aliphatic heterocycles. The third-order valence-corrected chi connectivity index (χ3v) is 2.94. The van der Waals surface area contributed by atoms with Gasteiger partial charge < -0.3 is 10.4 Å². The van der Waals surface area contributed by atoms with Crippen LogP contribution in [0.2, 0.25) is 0 Å². The molecule has 0 aliphatic carbocycles. The number of carbonyl (C=O) groups is 1. The molecule has 2 N–H and O–H groups in total. The zero-order valence-electron chi connectivity index (χ0n) is 9.27.